The lowest BCUT2D eigenvalue weighted by Crippen LogP contribution is -2.42. The molecule has 1 aromatic heterocycles. The highest BCUT2D eigenvalue weighted by molar-refractivity contribution is 9.10. The summed E-state index contributed by atoms with van der Waals surface area (Å²) in [4.78, 5) is 27.1. The smallest absolute Gasteiger partial charge is 0.408 e. The van der Waals surface area contributed by atoms with Gasteiger partial charge in [0.05, 0.1) is 0 Å². The number of carboxylic acids is 1. The van der Waals surface area contributed by atoms with Crippen LogP contribution in [0.2, 0.25) is 0 Å². The molecule has 1 amide bonds. The van der Waals surface area contributed by atoms with Crippen LogP contribution in [0.1, 0.15) is 11.3 Å². The predicted octanol–water partition coefficient (Wildman–Crippen LogP) is 2.77. The molecule has 0 unspecified atom stereocenters. The molecule has 1 aromatic carbocycles. The monoisotopic (exact) mass is 378 g/mol. The van der Waals surface area contributed by atoms with Crippen LogP contribution in [0.5, 0.6) is 0 Å². The van der Waals surface area contributed by atoms with Crippen molar-refractivity contribution < 1.29 is 19.4 Å². The molecular weight excluding hydrogens is 364 g/mol. The van der Waals surface area contributed by atoms with Crippen molar-refractivity contribution in [1.82, 2.24) is 10.3 Å². The average molecular weight is 379 g/mol. The van der Waals surface area contributed by atoms with Crippen LogP contribution in [-0.2, 0) is 22.6 Å². The Bertz CT molecular complexity index is 679. The zero-order valence-corrected chi connectivity index (χ0v) is 13.7. The number of carboxylic acid groups (broad SMARTS) is 1. The fourth-order valence-corrected chi connectivity index (χ4v) is 2.26. The van der Waals surface area contributed by atoms with Gasteiger partial charge in [-0.25, -0.2) is 9.59 Å². The van der Waals surface area contributed by atoms with Crippen LogP contribution in [0.15, 0.2) is 53.1 Å². The Morgan fingerprint density at radius 3 is 2.65 bits per heavy atom. The number of alkyl carbamates (subject to hydrolysis) is 1. The number of ether oxygens (including phenoxy) is 1. The number of benzene rings is 1. The molecule has 1 heterocycles. The van der Waals surface area contributed by atoms with Crippen LogP contribution < -0.4 is 5.32 Å². The maximum atomic E-state index is 11.8. The number of hydrogen-bond acceptors (Lipinski definition) is 4. The standard InChI is InChI=1S/C16H15BrN2O4/c17-12-6-7-18-13(8-12)9-14(15(20)21)19-16(22)23-10-11-4-2-1-3-5-11/h1-8,14H,9-10H2,(H,19,22)(H,20,21)/t14-/m0/s1. The molecule has 0 bridgehead atoms. The van der Waals surface area contributed by atoms with E-state index in [0.717, 1.165) is 10.0 Å². The molecule has 0 saturated heterocycles. The van der Waals surface area contributed by atoms with E-state index in [9.17, 15) is 14.7 Å². The summed E-state index contributed by atoms with van der Waals surface area (Å²) in [6.45, 7) is 0.0775. The molecule has 0 radical (unpaired) electrons. The number of rotatable bonds is 6. The van der Waals surface area contributed by atoms with Gasteiger partial charge >= 0.3 is 12.1 Å². The first-order valence-electron chi connectivity index (χ1n) is 6.85. The van der Waals surface area contributed by atoms with Gasteiger partial charge in [0.1, 0.15) is 12.6 Å². The highest BCUT2D eigenvalue weighted by Crippen LogP contribution is 2.11. The van der Waals surface area contributed by atoms with Crippen LogP contribution in [0.4, 0.5) is 4.79 Å². The van der Waals surface area contributed by atoms with Crippen molar-refractivity contribution in [2.75, 3.05) is 0 Å². The Kier molecular flexibility index (Phi) is 6.10. The first-order chi connectivity index (χ1) is 11.0. The molecular formula is C16H15BrN2O4. The molecule has 23 heavy (non-hydrogen) atoms. The number of nitrogens with one attached hydrogen (secondary N) is 1. The molecule has 0 saturated carbocycles. The molecule has 1 atom stereocenters. The average Bonchev–Trinajstić information content (AvgIpc) is 2.53. The van der Waals surface area contributed by atoms with Crippen molar-refractivity contribution in [1.29, 1.82) is 0 Å². The highest BCUT2D eigenvalue weighted by Gasteiger charge is 2.21. The molecule has 6 nitrogen and oxygen atoms in total. The van der Waals surface area contributed by atoms with Gasteiger partial charge in [0.2, 0.25) is 0 Å². The Morgan fingerprint density at radius 2 is 2.00 bits per heavy atom. The van der Waals surface area contributed by atoms with E-state index in [0.29, 0.717) is 5.69 Å². The zero-order chi connectivity index (χ0) is 16.7. The first kappa shape index (κ1) is 17.0. The van der Waals surface area contributed by atoms with Crippen molar-refractivity contribution in [3.05, 3.63) is 64.4 Å². The third-order valence-electron chi connectivity index (χ3n) is 2.99. The second-order valence-corrected chi connectivity index (χ2v) is 5.68. The topological polar surface area (TPSA) is 88.5 Å². The minimum Gasteiger partial charge on any atom is -0.480 e. The SMILES string of the molecule is O=C(N[C@@H](Cc1cc(Br)ccn1)C(=O)O)OCc1ccccc1. The number of aliphatic carboxylic acids is 1. The predicted molar refractivity (Wildman–Crippen MR) is 86.8 cm³/mol. The lowest BCUT2D eigenvalue weighted by molar-refractivity contribution is -0.139. The van der Waals surface area contributed by atoms with Gasteiger partial charge in [-0.2, -0.15) is 0 Å². The lowest BCUT2D eigenvalue weighted by Gasteiger charge is -2.14. The molecule has 0 aliphatic rings. The molecule has 0 fully saturated rings. The van der Waals surface area contributed by atoms with Gasteiger partial charge in [0.25, 0.3) is 0 Å². The third kappa shape index (κ3) is 5.71. The summed E-state index contributed by atoms with van der Waals surface area (Å²) < 4.78 is 5.82. The summed E-state index contributed by atoms with van der Waals surface area (Å²) in [6, 6.07) is 11.5. The normalized spacial score (nSPS) is 11.5. The number of halogens is 1. The number of amides is 1. The van der Waals surface area contributed by atoms with Crippen LogP contribution in [0.25, 0.3) is 0 Å². The number of pyridine rings is 1. The van der Waals surface area contributed by atoms with Crippen molar-refractivity contribution in [2.45, 2.75) is 19.1 Å². The molecule has 2 aromatic rings. The molecule has 2 N–H and O–H groups in total. The summed E-state index contributed by atoms with van der Waals surface area (Å²) in [6.07, 6.45) is 0.845. The second-order valence-electron chi connectivity index (χ2n) is 4.77. The van der Waals surface area contributed by atoms with Crippen molar-refractivity contribution in [3.63, 3.8) is 0 Å². The van der Waals surface area contributed by atoms with Gasteiger partial charge in [-0.15, -0.1) is 0 Å². The Morgan fingerprint density at radius 1 is 1.26 bits per heavy atom. The van der Waals surface area contributed by atoms with Gasteiger partial charge in [-0.3, -0.25) is 4.98 Å². The van der Waals surface area contributed by atoms with Crippen LogP contribution in [0, 0.1) is 0 Å². The highest BCUT2D eigenvalue weighted by atomic mass is 79.9. The number of carbonyl (C=O) groups is 2. The summed E-state index contributed by atoms with van der Waals surface area (Å²) in [7, 11) is 0. The van der Waals surface area contributed by atoms with Gasteiger partial charge in [0.15, 0.2) is 0 Å². The van der Waals surface area contributed by atoms with E-state index >= 15 is 0 Å². The number of hydrogen-bond donors (Lipinski definition) is 2. The number of carbonyl (C=O) groups excluding carboxylic acids is 1. The molecule has 0 aliphatic heterocycles. The van der Waals surface area contributed by atoms with Gasteiger partial charge in [-0.1, -0.05) is 46.3 Å². The van der Waals surface area contributed by atoms with E-state index < -0.39 is 18.1 Å². The van der Waals surface area contributed by atoms with Gasteiger partial charge < -0.3 is 15.2 Å². The maximum absolute atomic E-state index is 11.8. The van der Waals surface area contributed by atoms with Crippen molar-refractivity contribution in [3.8, 4) is 0 Å². The van der Waals surface area contributed by atoms with Crippen molar-refractivity contribution >= 4 is 28.0 Å². The van der Waals surface area contributed by atoms with Gasteiger partial charge in [-0.05, 0) is 17.7 Å². The van der Waals surface area contributed by atoms with Crippen LogP contribution in [-0.4, -0.2) is 28.2 Å². The number of aromatic nitrogens is 1. The van der Waals surface area contributed by atoms with E-state index in [-0.39, 0.29) is 13.0 Å². The largest absolute Gasteiger partial charge is 0.480 e. The fourth-order valence-electron chi connectivity index (χ4n) is 1.88. The van der Waals surface area contributed by atoms with E-state index in [1.165, 1.54) is 0 Å². The zero-order valence-electron chi connectivity index (χ0n) is 12.1. The quantitative estimate of drug-likeness (QED) is 0.806. The van der Waals surface area contributed by atoms with Gasteiger partial charge in [0, 0.05) is 22.8 Å². The Labute approximate surface area is 141 Å². The molecule has 120 valence electrons. The van der Waals surface area contributed by atoms with E-state index in [4.69, 9.17) is 4.74 Å². The number of nitrogens with zero attached hydrogens (tertiary/aromatic N) is 1. The van der Waals surface area contributed by atoms with Crippen LogP contribution in [0.3, 0.4) is 0 Å². The fraction of sp³-hybridized carbons (Fsp3) is 0.188. The summed E-state index contributed by atoms with van der Waals surface area (Å²) >= 11 is 3.29. The summed E-state index contributed by atoms with van der Waals surface area (Å²) in [5.74, 6) is -1.15. The van der Waals surface area contributed by atoms with Crippen molar-refractivity contribution in [2.24, 2.45) is 0 Å². The second kappa shape index (κ2) is 8.28. The minimum atomic E-state index is -1.15. The molecule has 0 aliphatic carbocycles. The van der Waals surface area contributed by atoms with E-state index in [1.807, 2.05) is 30.3 Å². The summed E-state index contributed by atoms with van der Waals surface area (Å²) in [5.41, 5.74) is 1.37. The molecule has 2 rings (SSSR count). The minimum absolute atomic E-state index is 0.0647. The molecule has 7 heteroatoms. The Balaban J connectivity index is 1.91. The van der Waals surface area contributed by atoms with Crippen LogP contribution >= 0.6 is 15.9 Å². The third-order valence-corrected chi connectivity index (χ3v) is 3.49. The van der Waals surface area contributed by atoms with E-state index in [2.05, 4.69) is 26.2 Å². The maximum Gasteiger partial charge on any atom is 0.408 e. The molecule has 0 spiro atoms. The summed E-state index contributed by atoms with van der Waals surface area (Å²) in [5, 5.41) is 11.6. The lowest BCUT2D eigenvalue weighted by atomic mass is 10.1. The first-order valence-corrected chi connectivity index (χ1v) is 7.64. The van der Waals surface area contributed by atoms with E-state index in [1.54, 1.807) is 18.3 Å². The Hall–Kier alpha value is -2.41.